The number of hydrogen-bond donors (Lipinski definition) is 2. The third kappa shape index (κ3) is 4.58. The van der Waals surface area contributed by atoms with Crippen LogP contribution in [0.3, 0.4) is 0 Å². The number of halogens is 2. The van der Waals surface area contributed by atoms with Crippen molar-refractivity contribution in [3.8, 4) is 0 Å². The van der Waals surface area contributed by atoms with Gasteiger partial charge in [-0.15, -0.1) is 0 Å². The summed E-state index contributed by atoms with van der Waals surface area (Å²) in [6.45, 7) is 0.456. The fourth-order valence-electron chi connectivity index (χ4n) is 2.64. The summed E-state index contributed by atoms with van der Waals surface area (Å²) in [5.41, 5.74) is 0.372. The molecule has 122 valence electrons. The fourth-order valence-corrected chi connectivity index (χ4v) is 3.24. The smallest absolute Gasteiger partial charge is 0.321 e. The van der Waals surface area contributed by atoms with Gasteiger partial charge >= 0.3 is 6.03 Å². The van der Waals surface area contributed by atoms with Crippen LogP contribution < -0.4 is 5.32 Å². The van der Waals surface area contributed by atoms with E-state index in [1.165, 1.54) is 4.90 Å². The first kappa shape index (κ1) is 17.0. The molecule has 1 saturated carbocycles. The molecular formula is C15H20F2N2O2S. The van der Waals surface area contributed by atoms with Gasteiger partial charge < -0.3 is 15.3 Å². The van der Waals surface area contributed by atoms with Crippen molar-refractivity contribution < 1.29 is 18.7 Å². The van der Waals surface area contributed by atoms with Crippen molar-refractivity contribution in [1.29, 1.82) is 0 Å². The number of amides is 2. The number of thioether (sulfide) groups is 1. The second-order valence-electron chi connectivity index (χ2n) is 5.44. The van der Waals surface area contributed by atoms with Crippen molar-refractivity contribution in [1.82, 2.24) is 4.90 Å². The first-order valence-electron chi connectivity index (χ1n) is 7.21. The average molecular weight is 330 g/mol. The van der Waals surface area contributed by atoms with E-state index >= 15 is 0 Å². The molecule has 2 atom stereocenters. The number of anilines is 1. The highest BCUT2D eigenvalue weighted by Crippen LogP contribution is 2.32. The molecule has 2 unspecified atom stereocenters. The monoisotopic (exact) mass is 330 g/mol. The minimum atomic E-state index is -2.54. The van der Waals surface area contributed by atoms with Crippen LogP contribution in [0.2, 0.25) is 0 Å². The maximum Gasteiger partial charge on any atom is 0.321 e. The van der Waals surface area contributed by atoms with Crippen LogP contribution in [0, 0.1) is 5.92 Å². The predicted molar refractivity (Wildman–Crippen MR) is 83.3 cm³/mol. The Morgan fingerprint density at radius 3 is 2.82 bits per heavy atom. The van der Waals surface area contributed by atoms with Crippen LogP contribution in [-0.4, -0.2) is 41.5 Å². The molecule has 2 N–H and O–H groups in total. The molecule has 0 bridgehead atoms. The highest BCUT2D eigenvalue weighted by atomic mass is 32.2. The maximum absolute atomic E-state index is 12.5. The number of nitrogens with one attached hydrogen (secondary N) is 1. The van der Waals surface area contributed by atoms with Crippen LogP contribution in [0.5, 0.6) is 0 Å². The third-order valence-corrected chi connectivity index (χ3v) is 4.61. The summed E-state index contributed by atoms with van der Waals surface area (Å²) in [5.74, 6) is -2.45. The van der Waals surface area contributed by atoms with Crippen molar-refractivity contribution in [2.45, 2.75) is 36.0 Å². The second kappa shape index (κ2) is 7.78. The zero-order valence-corrected chi connectivity index (χ0v) is 13.2. The molecular weight excluding hydrogens is 310 g/mol. The Bertz CT molecular complexity index is 516. The van der Waals surface area contributed by atoms with Crippen LogP contribution in [0.4, 0.5) is 19.3 Å². The average Bonchev–Trinajstić information content (AvgIpc) is 2.85. The number of aliphatic hydroxyl groups is 1. The van der Waals surface area contributed by atoms with Crippen molar-refractivity contribution in [3.63, 3.8) is 0 Å². The summed E-state index contributed by atoms with van der Waals surface area (Å²) in [4.78, 5) is 14.0. The highest BCUT2D eigenvalue weighted by Gasteiger charge is 2.27. The van der Waals surface area contributed by atoms with E-state index in [4.69, 9.17) is 0 Å². The third-order valence-electron chi connectivity index (χ3n) is 3.82. The molecule has 4 nitrogen and oxygen atoms in total. The molecule has 7 heteroatoms. The van der Waals surface area contributed by atoms with E-state index in [0.717, 1.165) is 19.3 Å². The van der Waals surface area contributed by atoms with Crippen LogP contribution >= 0.6 is 11.8 Å². The summed E-state index contributed by atoms with van der Waals surface area (Å²) < 4.78 is 25.0. The zero-order chi connectivity index (χ0) is 16.1. The SMILES string of the molecule is CN(CC1CCCC1O)C(=O)Nc1ccccc1SC(F)F. The number of rotatable bonds is 5. The van der Waals surface area contributed by atoms with E-state index in [1.54, 1.807) is 31.3 Å². The molecule has 0 aromatic heterocycles. The van der Waals surface area contributed by atoms with Gasteiger partial charge in [0.25, 0.3) is 5.76 Å². The van der Waals surface area contributed by atoms with Gasteiger partial charge in [0.05, 0.1) is 11.8 Å². The lowest BCUT2D eigenvalue weighted by molar-refractivity contribution is 0.116. The van der Waals surface area contributed by atoms with Crippen LogP contribution in [-0.2, 0) is 0 Å². The number of hydrogen-bond acceptors (Lipinski definition) is 3. The molecule has 1 aliphatic carbocycles. The molecule has 1 aromatic carbocycles. The van der Waals surface area contributed by atoms with Gasteiger partial charge in [-0.1, -0.05) is 30.3 Å². The summed E-state index contributed by atoms with van der Waals surface area (Å²) in [7, 11) is 1.64. The molecule has 2 amide bonds. The van der Waals surface area contributed by atoms with Gasteiger partial charge in [-0.2, -0.15) is 8.78 Å². The number of alkyl halides is 2. The fraction of sp³-hybridized carbons (Fsp3) is 0.533. The molecule has 2 rings (SSSR count). The Balaban J connectivity index is 1.96. The number of urea groups is 1. The van der Waals surface area contributed by atoms with E-state index in [0.29, 0.717) is 28.9 Å². The molecule has 1 fully saturated rings. The van der Waals surface area contributed by atoms with Gasteiger partial charge in [-0.25, -0.2) is 4.79 Å². The molecule has 0 radical (unpaired) electrons. The van der Waals surface area contributed by atoms with Crippen molar-refractivity contribution in [2.75, 3.05) is 18.9 Å². The largest absolute Gasteiger partial charge is 0.393 e. The zero-order valence-electron chi connectivity index (χ0n) is 12.3. The molecule has 0 heterocycles. The van der Waals surface area contributed by atoms with E-state index in [1.807, 2.05) is 0 Å². The molecule has 0 saturated heterocycles. The number of para-hydroxylation sites is 1. The number of benzene rings is 1. The van der Waals surface area contributed by atoms with Crippen LogP contribution in [0.15, 0.2) is 29.2 Å². The second-order valence-corrected chi connectivity index (χ2v) is 6.48. The predicted octanol–water partition coefficient (Wildman–Crippen LogP) is 3.63. The molecule has 22 heavy (non-hydrogen) atoms. The number of aliphatic hydroxyl groups excluding tert-OH is 1. The summed E-state index contributed by atoms with van der Waals surface area (Å²) >= 11 is 0.405. The lowest BCUT2D eigenvalue weighted by atomic mass is 10.1. The van der Waals surface area contributed by atoms with E-state index in [2.05, 4.69) is 5.32 Å². The number of nitrogens with zero attached hydrogens (tertiary/aromatic N) is 1. The lowest BCUT2D eigenvalue weighted by Crippen LogP contribution is -2.37. The summed E-state index contributed by atoms with van der Waals surface area (Å²) in [5, 5.41) is 12.5. The van der Waals surface area contributed by atoms with Crippen LogP contribution in [0.25, 0.3) is 0 Å². The van der Waals surface area contributed by atoms with Crippen molar-refractivity contribution in [2.24, 2.45) is 5.92 Å². The van der Waals surface area contributed by atoms with Gasteiger partial charge in [-0.3, -0.25) is 0 Å². The molecule has 1 aromatic rings. The first-order valence-corrected chi connectivity index (χ1v) is 8.09. The standard InChI is InChI=1S/C15H20F2N2O2S/c1-19(9-10-5-4-7-12(10)20)15(21)18-11-6-2-3-8-13(11)22-14(16)17/h2-3,6,8,10,12,14,20H,4-5,7,9H2,1H3,(H,18,21). The lowest BCUT2D eigenvalue weighted by Gasteiger charge is -2.24. The van der Waals surface area contributed by atoms with Crippen LogP contribution in [0.1, 0.15) is 19.3 Å². The Morgan fingerprint density at radius 1 is 1.45 bits per heavy atom. The van der Waals surface area contributed by atoms with Crippen molar-refractivity contribution in [3.05, 3.63) is 24.3 Å². The quantitative estimate of drug-likeness (QED) is 0.811. The number of carbonyl (C=O) groups excluding carboxylic acids is 1. The highest BCUT2D eigenvalue weighted by molar-refractivity contribution is 7.99. The van der Waals surface area contributed by atoms with E-state index in [-0.39, 0.29) is 18.1 Å². The summed E-state index contributed by atoms with van der Waals surface area (Å²) in [6, 6.07) is 6.13. The number of carbonyl (C=O) groups is 1. The Labute approximate surface area is 132 Å². The van der Waals surface area contributed by atoms with Gasteiger partial charge in [0.1, 0.15) is 0 Å². The normalized spacial score (nSPS) is 21.1. The molecule has 0 aliphatic heterocycles. The maximum atomic E-state index is 12.5. The Morgan fingerprint density at radius 2 is 2.18 bits per heavy atom. The Hall–Kier alpha value is -1.34. The van der Waals surface area contributed by atoms with Crippen molar-refractivity contribution >= 4 is 23.5 Å². The minimum absolute atomic E-state index is 0.0847. The van der Waals surface area contributed by atoms with E-state index < -0.39 is 5.76 Å². The van der Waals surface area contributed by atoms with Gasteiger partial charge in [0, 0.05) is 24.4 Å². The van der Waals surface area contributed by atoms with E-state index in [9.17, 15) is 18.7 Å². The van der Waals surface area contributed by atoms with Gasteiger partial charge in [0.15, 0.2) is 0 Å². The van der Waals surface area contributed by atoms with Gasteiger partial charge in [0.2, 0.25) is 0 Å². The molecule has 1 aliphatic rings. The first-order chi connectivity index (χ1) is 10.5. The summed E-state index contributed by atoms with van der Waals surface area (Å²) in [6.07, 6.45) is 2.27. The van der Waals surface area contributed by atoms with Gasteiger partial charge in [-0.05, 0) is 25.0 Å². The Kier molecular flexibility index (Phi) is 6.02. The topological polar surface area (TPSA) is 52.6 Å². The minimum Gasteiger partial charge on any atom is -0.393 e. The molecule has 0 spiro atoms.